The number of nitrogens with one attached hydrogen (secondary N) is 1. The number of rotatable bonds is 6. The summed E-state index contributed by atoms with van der Waals surface area (Å²) in [5.74, 6) is 0.128. The van der Waals surface area contributed by atoms with Crippen LogP contribution in [0.3, 0.4) is 0 Å². The standard InChI is InChI=1S/C17H20ClN5O3S/c1-2-26-15(24)8-12-10-27-17(19-12)20-16(25)11-4-3-7-23(9-11)14-6-5-13(18)21-22-14/h5-6,10-11H,2-4,7-9H2,1H3,(H,19,20,25). The van der Waals surface area contributed by atoms with E-state index in [0.29, 0.717) is 34.9 Å². The molecule has 0 aromatic carbocycles. The van der Waals surface area contributed by atoms with Crippen molar-refractivity contribution in [3.8, 4) is 0 Å². The molecule has 1 aliphatic heterocycles. The smallest absolute Gasteiger partial charge is 0.311 e. The molecule has 1 unspecified atom stereocenters. The van der Waals surface area contributed by atoms with Crippen LogP contribution in [-0.2, 0) is 20.7 Å². The van der Waals surface area contributed by atoms with Gasteiger partial charge in [-0.25, -0.2) is 4.98 Å². The molecular formula is C17H20ClN5O3S. The fourth-order valence-corrected chi connectivity index (χ4v) is 3.70. The maximum absolute atomic E-state index is 12.6. The Kier molecular flexibility index (Phi) is 6.57. The van der Waals surface area contributed by atoms with E-state index in [1.165, 1.54) is 11.3 Å². The number of piperidine rings is 1. The second-order valence-corrected chi connectivity index (χ2v) is 7.36. The molecule has 3 heterocycles. The number of ether oxygens (including phenoxy) is 1. The Morgan fingerprint density at radius 1 is 1.41 bits per heavy atom. The third-order valence-corrected chi connectivity index (χ3v) is 5.15. The quantitative estimate of drug-likeness (QED) is 0.732. The topological polar surface area (TPSA) is 97.3 Å². The number of amides is 1. The molecule has 1 fully saturated rings. The molecule has 1 atom stereocenters. The molecule has 1 aliphatic rings. The number of hydrogen-bond donors (Lipinski definition) is 1. The molecule has 3 rings (SSSR count). The molecule has 2 aromatic heterocycles. The number of halogens is 1. The predicted octanol–water partition coefficient (Wildman–Crippen LogP) is 2.55. The summed E-state index contributed by atoms with van der Waals surface area (Å²) in [7, 11) is 0. The van der Waals surface area contributed by atoms with Gasteiger partial charge in [0.15, 0.2) is 16.1 Å². The predicted molar refractivity (Wildman–Crippen MR) is 103 cm³/mol. The first kappa shape index (κ1) is 19.5. The molecule has 0 aliphatic carbocycles. The van der Waals surface area contributed by atoms with Crippen LogP contribution in [0.2, 0.25) is 5.15 Å². The van der Waals surface area contributed by atoms with E-state index in [9.17, 15) is 9.59 Å². The molecule has 0 spiro atoms. The lowest BCUT2D eigenvalue weighted by atomic mass is 9.97. The third kappa shape index (κ3) is 5.36. The third-order valence-electron chi connectivity index (χ3n) is 4.15. The number of carbonyl (C=O) groups is 2. The van der Waals surface area contributed by atoms with Crippen LogP contribution in [0.5, 0.6) is 0 Å². The average Bonchev–Trinajstić information content (AvgIpc) is 3.09. The lowest BCUT2D eigenvalue weighted by Gasteiger charge is -2.32. The number of anilines is 2. The van der Waals surface area contributed by atoms with Crippen LogP contribution in [0.1, 0.15) is 25.5 Å². The lowest BCUT2D eigenvalue weighted by Crippen LogP contribution is -2.41. The maximum Gasteiger partial charge on any atom is 0.311 e. The molecule has 1 N–H and O–H groups in total. The zero-order chi connectivity index (χ0) is 19.2. The number of esters is 1. The van der Waals surface area contributed by atoms with E-state index >= 15 is 0 Å². The normalized spacial score (nSPS) is 16.8. The first-order valence-corrected chi connectivity index (χ1v) is 9.96. The van der Waals surface area contributed by atoms with Crippen molar-refractivity contribution < 1.29 is 14.3 Å². The fourth-order valence-electron chi connectivity index (χ4n) is 2.89. The summed E-state index contributed by atoms with van der Waals surface area (Å²) in [5, 5.41) is 13.4. The van der Waals surface area contributed by atoms with Gasteiger partial charge in [-0.1, -0.05) is 11.6 Å². The SMILES string of the molecule is CCOC(=O)Cc1csc(NC(=O)C2CCCN(c3ccc(Cl)nn3)C2)n1. The molecule has 0 saturated carbocycles. The van der Waals surface area contributed by atoms with Crippen molar-refractivity contribution in [1.82, 2.24) is 15.2 Å². The van der Waals surface area contributed by atoms with Crippen LogP contribution in [0, 0.1) is 5.92 Å². The van der Waals surface area contributed by atoms with Gasteiger partial charge < -0.3 is 15.0 Å². The zero-order valence-electron chi connectivity index (χ0n) is 14.9. The minimum Gasteiger partial charge on any atom is -0.466 e. The molecule has 0 bridgehead atoms. The summed E-state index contributed by atoms with van der Waals surface area (Å²) in [6.07, 6.45) is 1.78. The van der Waals surface area contributed by atoms with E-state index in [1.807, 2.05) is 4.90 Å². The Balaban J connectivity index is 1.57. The van der Waals surface area contributed by atoms with E-state index in [-0.39, 0.29) is 24.2 Å². The maximum atomic E-state index is 12.6. The summed E-state index contributed by atoms with van der Waals surface area (Å²) in [6, 6.07) is 3.49. The van der Waals surface area contributed by atoms with Crippen LogP contribution in [0.15, 0.2) is 17.5 Å². The number of hydrogen-bond acceptors (Lipinski definition) is 8. The summed E-state index contributed by atoms with van der Waals surface area (Å²) in [4.78, 5) is 30.4. The Labute approximate surface area is 165 Å². The van der Waals surface area contributed by atoms with Crippen LogP contribution in [0.4, 0.5) is 10.9 Å². The van der Waals surface area contributed by atoms with E-state index in [4.69, 9.17) is 16.3 Å². The number of thiazole rings is 1. The molecule has 2 aromatic rings. The van der Waals surface area contributed by atoms with Gasteiger partial charge in [-0.2, -0.15) is 0 Å². The van der Waals surface area contributed by atoms with Gasteiger partial charge in [-0.15, -0.1) is 21.5 Å². The zero-order valence-corrected chi connectivity index (χ0v) is 16.4. The van der Waals surface area contributed by atoms with Crippen molar-refractivity contribution >= 4 is 45.8 Å². The first-order valence-electron chi connectivity index (χ1n) is 8.70. The molecule has 27 heavy (non-hydrogen) atoms. The summed E-state index contributed by atoms with van der Waals surface area (Å²) in [6.45, 7) is 3.47. The second kappa shape index (κ2) is 9.09. The number of aromatic nitrogens is 3. The minimum absolute atomic E-state index is 0.0846. The van der Waals surface area contributed by atoms with Crippen LogP contribution >= 0.6 is 22.9 Å². The second-order valence-electron chi connectivity index (χ2n) is 6.11. The van der Waals surface area contributed by atoms with Crippen molar-refractivity contribution in [3.05, 3.63) is 28.4 Å². The highest BCUT2D eigenvalue weighted by Crippen LogP contribution is 2.24. The van der Waals surface area contributed by atoms with Crippen LogP contribution in [-0.4, -0.2) is 46.8 Å². The van der Waals surface area contributed by atoms with E-state index in [1.54, 1.807) is 24.4 Å². The molecule has 1 amide bonds. The molecule has 10 heteroatoms. The fraction of sp³-hybridized carbons (Fsp3) is 0.471. The van der Waals surface area contributed by atoms with Gasteiger partial charge in [0.25, 0.3) is 0 Å². The number of carbonyl (C=O) groups excluding carboxylic acids is 2. The highest BCUT2D eigenvalue weighted by molar-refractivity contribution is 7.13. The average molecular weight is 410 g/mol. The van der Waals surface area contributed by atoms with E-state index in [2.05, 4.69) is 20.5 Å². The van der Waals surface area contributed by atoms with Crippen molar-refractivity contribution in [2.75, 3.05) is 29.9 Å². The largest absolute Gasteiger partial charge is 0.466 e. The Hall–Kier alpha value is -2.26. The van der Waals surface area contributed by atoms with E-state index in [0.717, 1.165) is 19.4 Å². The molecular weight excluding hydrogens is 390 g/mol. The summed E-state index contributed by atoms with van der Waals surface area (Å²) in [5.41, 5.74) is 0.593. The highest BCUT2D eigenvalue weighted by Gasteiger charge is 2.27. The van der Waals surface area contributed by atoms with Crippen molar-refractivity contribution in [2.24, 2.45) is 5.92 Å². The van der Waals surface area contributed by atoms with Gasteiger partial charge in [-0.3, -0.25) is 9.59 Å². The summed E-state index contributed by atoms with van der Waals surface area (Å²) < 4.78 is 4.91. The van der Waals surface area contributed by atoms with Gasteiger partial charge >= 0.3 is 5.97 Å². The van der Waals surface area contributed by atoms with Gasteiger partial charge in [0.1, 0.15) is 0 Å². The van der Waals surface area contributed by atoms with Crippen molar-refractivity contribution in [2.45, 2.75) is 26.2 Å². The molecule has 144 valence electrons. The Morgan fingerprint density at radius 3 is 3.00 bits per heavy atom. The monoisotopic (exact) mass is 409 g/mol. The van der Waals surface area contributed by atoms with Gasteiger partial charge in [0.05, 0.1) is 24.6 Å². The molecule has 1 saturated heterocycles. The number of nitrogens with zero attached hydrogens (tertiary/aromatic N) is 4. The first-order chi connectivity index (χ1) is 13.0. The Morgan fingerprint density at radius 2 is 2.26 bits per heavy atom. The van der Waals surface area contributed by atoms with Crippen LogP contribution in [0.25, 0.3) is 0 Å². The minimum atomic E-state index is -0.326. The molecule has 8 nitrogen and oxygen atoms in total. The highest BCUT2D eigenvalue weighted by atomic mass is 35.5. The Bertz CT molecular complexity index is 798. The van der Waals surface area contributed by atoms with Gasteiger partial charge in [-0.05, 0) is 31.9 Å². The lowest BCUT2D eigenvalue weighted by molar-refractivity contribution is -0.142. The van der Waals surface area contributed by atoms with Gasteiger partial charge in [0, 0.05) is 18.5 Å². The van der Waals surface area contributed by atoms with Crippen molar-refractivity contribution in [1.29, 1.82) is 0 Å². The van der Waals surface area contributed by atoms with Crippen molar-refractivity contribution in [3.63, 3.8) is 0 Å². The van der Waals surface area contributed by atoms with E-state index < -0.39 is 0 Å². The van der Waals surface area contributed by atoms with Gasteiger partial charge in [0.2, 0.25) is 5.91 Å². The van der Waals surface area contributed by atoms with Crippen LogP contribution < -0.4 is 10.2 Å². The molecule has 0 radical (unpaired) electrons. The summed E-state index contributed by atoms with van der Waals surface area (Å²) >= 11 is 7.08.